The van der Waals surface area contributed by atoms with Crippen LogP contribution in [0.1, 0.15) is 17.5 Å². The fourth-order valence-electron chi connectivity index (χ4n) is 2.43. The second-order valence-corrected chi connectivity index (χ2v) is 5.00. The molecule has 106 valence electrons. The van der Waals surface area contributed by atoms with Crippen molar-refractivity contribution in [1.29, 1.82) is 0 Å². The summed E-state index contributed by atoms with van der Waals surface area (Å²) in [6.45, 7) is 4.26. The van der Waals surface area contributed by atoms with Crippen LogP contribution in [0.2, 0.25) is 0 Å². The predicted octanol–water partition coefficient (Wildman–Crippen LogP) is 1.17. The van der Waals surface area contributed by atoms with Gasteiger partial charge in [0.2, 0.25) is 0 Å². The van der Waals surface area contributed by atoms with Gasteiger partial charge in [-0.25, -0.2) is 0 Å². The molecule has 1 aromatic carbocycles. The number of anilines is 1. The molecule has 19 heavy (non-hydrogen) atoms. The number of hydrogen-bond donors (Lipinski definition) is 2. The molecule has 1 heterocycles. The maximum absolute atomic E-state index is 8.57. The van der Waals surface area contributed by atoms with E-state index in [1.165, 1.54) is 16.8 Å². The van der Waals surface area contributed by atoms with Crippen molar-refractivity contribution in [2.75, 3.05) is 44.9 Å². The van der Waals surface area contributed by atoms with Gasteiger partial charge in [0.15, 0.2) is 0 Å². The molecule has 0 bridgehead atoms. The van der Waals surface area contributed by atoms with Crippen molar-refractivity contribution in [2.45, 2.75) is 19.4 Å². The fraction of sp³-hybridized carbons (Fsp3) is 0.600. The average molecular weight is 264 g/mol. The van der Waals surface area contributed by atoms with Gasteiger partial charge >= 0.3 is 0 Å². The van der Waals surface area contributed by atoms with Crippen LogP contribution in [0.25, 0.3) is 0 Å². The summed E-state index contributed by atoms with van der Waals surface area (Å²) in [6.07, 6.45) is 2.14. The Bertz CT molecular complexity index is 396. The number of nitrogens with zero attached hydrogens (tertiary/aromatic N) is 1. The first-order chi connectivity index (χ1) is 9.31. The molecule has 0 fully saturated rings. The number of likely N-dealkylation sites (N-methyl/N-ethyl adjacent to an activating group) is 1. The molecular weight excluding hydrogens is 240 g/mol. The molecule has 4 nitrogen and oxygen atoms in total. The Morgan fingerprint density at radius 3 is 3.11 bits per heavy atom. The molecule has 0 radical (unpaired) electrons. The highest BCUT2D eigenvalue weighted by Gasteiger charge is 2.15. The lowest BCUT2D eigenvalue weighted by Crippen LogP contribution is -2.17. The quantitative estimate of drug-likeness (QED) is 0.692. The molecule has 0 saturated heterocycles. The van der Waals surface area contributed by atoms with Gasteiger partial charge in [0.05, 0.1) is 13.2 Å². The number of rotatable bonds is 8. The van der Waals surface area contributed by atoms with Gasteiger partial charge < -0.3 is 20.1 Å². The Kier molecular flexibility index (Phi) is 5.63. The van der Waals surface area contributed by atoms with E-state index in [4.69, 9.17) is 9.84 Å². The molecule has 0 atom stereocenters. The van der Waals surface area contributed by atoms with E-state index in [-0.39, 0.29) is 6.61 Å². The number of ether oxygens (including phenoxy) is 1. The minimum atomic E-state index is 0.108. The lowest BCUT2D eigenvalue weighted by atomic mass is 10.1. The van der Waals surface area contributed by atoms with E-state index in [0.717, 1.165) is 32.5 Å². The maximum Gasteiger partial charge on any atom is 0.0697 e. The zero-order valence-corrected chi connectivity index (χ0v) is 11.7. The predicted molar refractivity (Wildman–Crippen MR) is 77.6 cm³/mol. The highest BCUT2D eigenvalue weighted by atomic mass is 16.5. The van der Waals surface area contributed by atoms with Crippen molar-refractivity contribution in [3.63, 3.8) is 0 Å². The molecule has 0 aliphatic carbocycles. The summed E-state index contributed by atoms with van der Waals surface area (Å²) in [5.74, 6) is 0. The summed E-state index contributed by atoms with van der Waals surface area (Å²) < 4.78 is 5.21. The molecular formula is C15H24N2O2. The molecule has 2 N–H and O–H groups in total. The normalized spacial score (nSPS) is 13.9. The zero-order chi connectivity index (χ0) is 13.5. The Balaban J connectivity index is 1.67. The van der Waals surface area contributed by atoms with Crippen LogP contribution in [-0.4, -0.2) is 45.1 Å². The van der Waals surface area contributed by atoms with Crippen LogP contribution >= 0.6 is 0 Å². The lowest BCUT2D eigenvalue weighted by Gasteiger charge is -2.12. The highest BCUT2D eigenvalue weighted by Crippen LogP contribution is 2.27. The molecule has 1 aliphatic rings. The second kappa shape index (κ2) is 7.48. The number of aliphatic hydroxyl groups excluding tert-OH is 1. The molecule has 4 heteroatoms. The minimum absolute atomic E-state index is 0.108. The maximum atomic E-state index is 8.57. The molecule has 1 aliphatic heterocycles. The Labute approximate surface area is 115 Å². The lowest BCUT2D eigenvalue weighted by molar-refractivity contribution is 0.0907. The molecule has 0 aromatic heterocycles. The third-order valence-corrected chi connectivity index (χ3v) is 3.48. The summed E-state index contributed by atoms with van der Waals surface area (Å²) in [6, 6.07) is 6.74. The van der Waals surface area contributed by atoms with Crippen LogP contribution in [0.3, 0.4) is 0 Å². The Hall–Kier alpha value is -1.10. The van der Waals surface area contributed by atoms with Crippen molar-refractivity contribution in [1.82, 2.24) is 5.32 Å². The number of aliphatic hydroxyl groups is 1. The van der Waals surface area contributed by atoms with Gasteiger partial charge in [-0.1, -0.05) is 12.1 Å². The van der Waals surface area contributed by atoms with Crippen molar-refractivity contribution < 1.29 is 9.84 Å². The summed E-state index contributed by atoms with van der Waals surface area (Å²) in [4.78, 5) is 2.31. The van der Waals surface area contributed by atoms with Crippen molar-refractivity contribution in [3.05, 3.63) is 29.3 Å². The largest absolute Gasteiger partial charge is 0.394 e. The number of benzene rings is 1. The van der Waals surface area contributed by atoms with Crippen molar-refractivity contribution in [3.8, 4) is 0 Å². The van der Waals surface area contributed by atoms with Crippen molar-refractivity contribution in [2.24, 2.45) is 0 Å². The third kappa shape index (κ3) is 4.20. The first-order valence-corrected chi connectivity index (χ1v) is 7.03. The fourth-order valence-corrected chi connectivity index (χ4v) is 2.43. The van der Waals surface area contributed by atoms with E-state index in [9.17, 15) is 0 Å². The molecule has 2 rings (SSSR count). The van der Waals surface area contributed by atoms with E-state index < -0.39 is 0 Å². The van der Waals surface area contributed by atoms with E-state index in [1.807, 2.05) is 0 Å². The number of nitrogens with one attached hydrogen (secondary N) is 1. The smallest absolute Gasteiger partial charge is 0.0697 e. The average Bonchev–Trinajstić information content (AvgIpc) is 2.79. The first-order valence-electron chi connectivity index (χ1n) is 7.03. The zero-order valence-electron chi connectivity index (χ0n) is 11.7. The first kappa shape index (κ1) is 14.3. The highest BCUT2D eigenvalue weighted by molar-refractivity contribution is 5.58. The van der Waals surface area contributed by atoms with Crippen LogP contribution in [0.15, 0.2) is 18.2 Å². The topological polar surface area (TPSA) is 44.7 Å². The van der Waals surface area contributed by atoms with E-state index in [2.05, 4.69) is 35.5 Å². The summed E-state index contributed by atoms with van der Waals surface area (Å²) in [7, 11) is 2.15. The monoisotopic (exact) mass is 264 g/mol. The molecule has 0 spiro atoms. The number of hydrogen-bond acceptors (Lipinski definition) is 4. The van der Waals surface area contributed by atoms with Crippen LogP contribution < -0.4 is 10.2 Å². The summed E-state index contributed by atoms with van der Waals surface area (Å²) in [5, 5.41) is 12.0. The van der Waals surface area contributed by atoms with Gasteiger partial charge in [-0.3, -0.25) is 0 Å². The Morgan fingerprint density at radius 1 is 1.37 bits per heavy atom. The van der Waals surface area contributed by atoms with E-state index >= 15 is 0 Å². The minimum Gasteiger partial charge on any atom is -0.394 e. The number of fused-ring (bicyclic) bond motifs is 1. The van der Waals surface area contributed by atoms with Gasteiger partial charge in [0.25, 0.3) is 0 Å². The second-order valence-electron chi connectivity index (χ2n) is 5.00. The molecule has 0 unspecified atom stereocenters. The molecule has 0 saturated carbocycles. The van der Waals surface area contributed by atoms with Gasteiger partial charge in [0, 0.05) is 32.4 Å². The molecule has 0 amide bonds. The molecule has 1 aromatic rings. The van der Waals surface area contributed by atoms with Crippen LogP contribution in [-0.2, 0) is 17.7 Å². The van der Waals surface area contributed by atoms with Gasteiger partial charge in [-0.05, 0) is 36.6 Å². The van der Waals surface area contributed by atoms with Crippen LogP contribution in [0.4, 0.5) is 5.69 Å². The van der Waals surface area contributed by atoms with Crippen LogP contribution in [0, 0.1) is 0 Å². The Morgan fingerprint density at radius 2 is 2.26 bits per heavy atom. The van der Waals surface area contributed by atoms with Gasteiger partial charge in [-0.2, -0.15) is 0 Å². The SMILES string of the molecule is CN1CCc2cc(CNCCCOCCO)ccc21. The van der Waals surface area contributed by atoms with Crippen molar-refractivity contribution >= 4 is 5.69 Å². The summed E-state index contributed by atoms with van der Waals surface area (Å²) in [5.41, 5.74) is 4.19. The van der Waals surface area contributed by atoms with Crippen LogP contribution in [0.5, 0.6) is 0 Å². The van der Waals surface area contributed by atoms with E-state index in [0.29, 0.717) is 13.2 Å². The summed E-state index contributed by atoms with van der Waals surface area (Å²) >= 11 is 0. The van der Waals surface area contributed by atoms with Gasteiger partial charge in [0.1, 0.15) is 0 Å². The standard InChI is InChI=1S/C15H24N2O2/c1-17-7-5-14-11-13(3-4-15(14)17)12-16-6-2-9-19-10-8-18/h3-4,11,16,18H,2,5-10,12H2,1H3. The third-order valence-electron chi connectivity index (χ3n) is 3.48. The van der Waals surface area contributed by atoms with Gasteiger partial charge in [-0.15, -0.1) is 0 Å². The van der Waals surface area contributed by atoms with E-state index in [1.54, 1.807) is 0 Å².